The maximum atomic E-state index is 9.76. The largest absolute Gasteiger partial charge is 0.481 e. The smallest absolute Gasteiger partial charge is 0.304 e. The van der Waals surface area contributed by atoms with Crippen molar-refractivity contribution in [2.75, 3.05) is 0 Å². The Morgan fingerprint density at radius 3 is 2.43 bits per heavy atom. The Bertz CT molecular complexity index is 70.1. The van der Waals surface area contributed by atoms with Gasteiger partial charge in [-0.1, -0.05) is 6.92 Å². The Kier molecular flexibility index (Phi) is 2.83. The van der Waals surface area contributed by atoms with Crippen molar-refractivity contribution in [3.8, 4) is 0 Å². The van der Waals surface area contributed by atoms with E-state index < -0.39 is 5.97 Å². The van der Waals surface area contributed by atoms with Crippen LogP contribution in [-0.2, 0) is 4.79 Å². The van der Waals surface area contributed by atoms with Crippen molar-refractivity contribution in [3.63, 3.8) is 0 Å². The third-order valence-corrected chi connectivity index (χ3v) is 0.653. The Labute approximate surface area is 47.9 Å². The zero-order chi connectivity index (χ0) is 5.86. The second-order valence-electron chi connectivity index (χ2n) is 1.45. The van der Waals surface area contributed by atoms with Gasteiger partial charge >= 0.3 is 5.97 Å². The molecule has 2 nitrogen and oxygen atoms in total. The van der Waals surface area contributed by atoms with E-state index in [9.17, 15) is 4.79 Å². The number of rotatable bonds is 2. The van der Waals surface area contributed by atoms with Crippen LogP contribution in [0.15, 0.2) is 0 Å². The summed E-state index contributed by atoms with van der Waals surface area (Å²) in [5.74, 6) is -0.789. The van der Waals surface area contributed by atoms with Crippen LogP contribution in [0.2, 0.25) is 0 Å². The predicted octanol–water partition coefficient (Wildman–Crippen LogP) is 0.779. The highest BCUT2D eigenvalue weighted by Gasteiger charge is 1.99. The molecule has 3 heteroatoms. The van der Waals surface area contributed by atoms with E-state index in [1.165, 1.54) is 0 Å². The monoisotopic (exact) mass is 120 g/mol. The third-order valence-electron chi connectivity index (χ3n) is 0.470. The second kappa shape index (κ2) is 2.91. The van der Waals surface area contributed by atoms with Crippen LogP contribution in [0.3, 0.4) is 0 Å². The van der Waals surface area contributed by atoms with E-state index in [4.69, 9.17) is 5.11 Å². The molecule has 0 amide bonds. The van der Waals surface area contributed by atoms with Gasteiger partial charge in [-0.25, -0.2) is 0 Å². The van der Waals surface area contributed by atoms with E-state index in [0.29, 0.717) is 0 Å². The summed E-state index contributed by atoms with van der Waals surface area (Å²) in [4.78, 5) is 9.76. The number of hydrogen-bond acceptors (Lipinski definition) is 2. The van der Waals surface area contributed by atoms with Crippen LogP contribution in [0, 0.1) is 0 Å². The Morgan fingerprint density at radius 2 is 2.43 bits per heavy atom. The van der Waals surface area contributed by atoms with Gasteiger partial charge in [0.2, 0.25) is 0 Å². The summed E-state index contributed by atoms with van der Waals surface area (Å²) in [5.41, 5.74) is 0. The Morgan fingerprint density at radius 1 is 2.00 bits per heavy atom. The molecule has 0 aliphatic rings. The molecule has 0 bridgehead atoms. The van der Waals surface area contributed by atoms with Gasteiger partial charge in [0.05, 0.1) is 6.42 Å². The van der Waals surface area contributed by atoms with Gasteiger partial charge in [-0.05, 0) is 0 Å². The molecule has 1 N–H and O–H groups in total. The van der Waals surface area contributed by atoms with Crippen LogP contribution in [0.4, 0.5) is 0 Å². The van der Waals surface area contributed by atoms with Crippen molar-refractivity contribution in [2.24, 2.45) is 0 Å². The van der Waals surface area contributed by atoms with E-state index in [1.54, 1.807) is 6.92 Å². The van der Waals surface area contributed by atoms with Crippen molar-refractivity contribution in [1.82, 2.24) is 0 Å². The lowest BCUT2D eigenvalue weighted by molar-refractivity contribution is -0.136. The third kappa shape index (κ3) is 5.82. The first-order valence-corrected chi connectivity index (χ1v) is 2.54. The molecular weight excluding hydrogens is 112 g/mol. The maximum absolute atomic E-state index is 9.76. The van der Waals surface area contributed by atoms with Crippen molar-refractivity contribution in [3.05, 3.63) is 0 Å². The molecule has 0 saturated carbocycles. The highest BCUT2D eigenvalue weighted by Crippen LogP contribution is 1.96. The molecule has 7 heavy (non-hydrogen) atoms. The zero-order valence-electron chi connectivity index (χ0n) is 4.09. The Balaban J connectivity index is 3.13. The number of thiol groups is 1. The fourth-order valence-electron chi connectivity index (χ4n) is 0.253. The topological polar surface area (TPSA) is 37.3 Å². The molecule has 1 unspecified atom stereocenters. The molecule has 0 saturated heterocycles. The number of carboxylic acids is 1. The molecule has 0 fully saturated rings. The summed E-state index contributed by atoms with van der Waals surface area (Å²) in [5, 5.41) is 8.00. The molecular formula is C4H8O2S. The minimum absolute atomic E-state index is 0.0301. The quantitative estimate of drug-likeness (QED) is 0.528. The lowest BCUT2D eigenvalue weighted by Gasteiger charge is -1.93. The van der Waals surface area contributed by atoms with Crippen LogP contribution in [-0.4, -0.2) is 16.3 Å². The second-order valence-corrected chi connectivity index (χ2v) is 2.33. The normalized spacial score (nSPS) is 13.4. The molecule has 0 radical (unpaired) electrons. The van der Waals surface area contributed by atoms with Gasteiger partial charge in [-0.2, -0.15) is 12.6 Å². The van der Waals surface area contributed by atoms with Crippen LogP contribution >= 0.6 is 12.6 Å². The molecule has 0 rings (SSSR count). The molecule has 1 atom stereocenters. The summed E-state index contributed by atoms with van der Waals surface area (Å²) in [6, 6.07) is 0. The van der Waals surface area contributed by atoms with Gasteiger partial charge in [-0.15, -0.1) is 0 Å². The number of carbonyl (C=O) groups is 1. The number of aliphatic carboxylic acids is 1. The SMILES string of the molecule is CC(S)CC(=O)O. The van der Waals surface area contributed by atoms with Crippen molar-refractivity contribution in [2.45, 2.75) is 18.6 Å². The fourth-order valence-corrected chi connectivity index (χ4v) is 0.409. The van der Waals surface area contributed by atoms with Crippen LogP contribution in [0.1, 0.15) is 13.3 Å². The zero-order valence-corrected chi connectivity index (χ0v) is 4.98. The first-order chi connectivity index (χ1) is 3.13. The summed E-state index contributed by atoms with van der Waals surface area (Å²) in [6.45, 7) is 1.75. The van der Waals surface area contributed by atoms with Crippen molar-refractivity contribution in [1.29, 1.82) is 0 Å². The lowest BCUT2D eigenvalue weighted by Crippen LogP contribution is -2.01. The molecule has 42 valence electrons. The van der Waals surface area contributed by atoms with Crippen LogP contribution in [0.25, 0.3) is 0 Å². The van der Waals surface area contributed by atoms with E-state index in [-0.39, 0.29) is 11.7 Å². The van der Waals surface area contributed by atoms with Crippen molar-refractivity contribution < 1.29 is 9.90 Å². The summed E-state index contributed by atoms with van der Waals surface area (Å²) in [7, 11) is 0. The molecule has 0 aromatic rings. The minimum atomic E-state index is -0.789. The van der Waals surface area contributed by atoms with Gasteiger partial charge in [0.1, 0.15) is 0 Å². The van der Waals surface area contributed by atoms with Gasteiger partial charge in [0.15, 0.2) is 0 Å². The lowest BCUT2D eigenvalue weighted by atomic mass is 10.3. The first kappa shape index (κ1) is 6.82. The van der Waals surface area contributed by atoms with Gasteiger partial charge < -0.3 is 5.11 Å². The number of carboxylic acid groups (broad SMARTS) is 1. The standard InChI is InChI=1S/C4H8O2S/c1-3(7)2-4(5)6/h3,7H,2H2,1H3,(H,5,6). The predicted molar refractivity (Wildman–Crippen MR) is 30.7 cm³/mol. The fraction of sp³-hybridized carbons (Fsp3) is 0.750. The van der Waals surface area contributed by atoms with Gasteiger partial charge in [0.25, 0.3) is 0 Å². The van der Waals surface area contributed by atoms with E-state index in [2.05, 4.69) is 12.6 Å². The number of hydrogen-bond donors (Lipinski definition) is 2. The molecule has 0 aliphatic carbocycles. The van der Waals surface area contributed by atoms with Crippen molar-refractivity contribution >= 4 is 18.6 Å². The molecule has 0 heterocycles. The molecule has 0 spiro atoms. The average Bonchev–Trinajstić information content (AvgIpc) is 1.27. The first-order valence-electron chi connectivity index (χ1n) is 2.03. The highest BCUT2D eigenvalue weighted by atomic mass is 32.1. The van der Waals surface area contributed by atoms with Gasteiger partial charge in [-0.3, -0.25) is 4.79 Å². The van der Waals surface area contributed by atoms with E-state index >= 15 is 0 Å². The molecule has 0 aromatic carbocycles. The summed E-state index contributed by atoms with van der Waals surface area (Å²) in [6.07, 6.45) is 0.142. The molecule has 0 aromatic heterocycles. The van der Waals surface area contributed by atoms with Crippen LogP contribution < -0.4 is 0 Å². The summed E-state index contributed by atoms with van der Waals surface area (Å²) >= 11 is 3.86. The van der Waals surface area contributed by atoms with E-state index in [1.807, 2.05) is 0 Å². The average molecular weight is 120 g/mol. The van der Waals surface area contributed by atoms with Gasteiger partial charge in [0, 0.05) is 5.25 Å². The Hall–Kier alpha value is -0.180. The minimum Gasteiger partial charge on any atom is -0.481 e. The van der Waals surface area contributed by atoms with Crippen LogP contribution in [0.5, 0.6) is 0 Å². The van der Waals surface area contributed by atoms with E-state index in [0.717, 1.165) is 0 Å². The summed E-state index contributed by atoms with van der Waals surface area (Å²) < 4.78 is 0. The maximum Gasteiger partial charge on any atom is 0.304 e. The highest BCUT2D eigenvalue weighted by molar-refractivity contribution is 7.80. The molecule has 0 aliphatic heterocycles.